The second-order valence-electron chi connectivity index (χ2n) is 3.40. The number of carbonyl (C=O) groups is 3. The van der Waals surface area contributed by atoms with Crippen molar-refractivity contribution >= 4 is 17.8 Å². The molecular formula is C10H15NO5. The molecule has 0 spiro atoms. The van der Waals surface area contributed by atoms with Gasteiger partial charge in [-0.05, 0) is 13.8 Å². The van der Waals surface area contributed by atoms with Gasteiger partial charge in [-0.15, -0.1) is 0 Å². The van der Waals surface area contributed by atoms with Crippen LogP contribution in [0.15, 0.2) is 11.6 Å². The van der Waals surface area contributed by atoms with Crippen LogP contribution in [0.4, 0.5) is 0 Å². The van der Waals surface area contributed by atoms with Crippen molar-refractivity contribution < 1.29 is 24.2 Å². The Labute approximate surface area is 93.3 Å². The van der Waals surface area contributed by atoms with Crippen molar-refractivity contribution in [3.63, 3.8) is 0 Å². The number of allylic oxidation sites excluding steroid dienone is 1. The average molecular weight is 229 g/mol. The molecule has 16 heavy (non-hydrogen) atoms. The number of rotatable bonds is 5. The summed E-state index contributed by atoms with van der Waals surface area (Å²) in [5.41, 5.74) is 0.736. The lowest BCUT2D eigenvalue weighted by atomic mass is 10.2. The van der Waals surface area contributed by atoms with E-state index in [1.165, 1.54) is 6.08 Å². The monoisotopic (exact) mass is 229 g/mol. The van der Waals surface area contributed by atoms with Crippen molar-refractivity contribution in [3.8, 4) is 0 Å². The van der Waals surface area contributed by atoms with Gasteiger partial charge in [-0.2, -0.15) is 0 Å². The van der Waals surface area contributed by atoms with E-state index in [-0.39, 0.29) is 0 Å². The molecule has 0 aliphatic heterocycles. The van der Waals surface area contributed by atoms with Gasteiger partial charge < -0.3 is 15.2 Å². The molecule has 0 heterocycles. The lowest BCUT2D eigenvalue weighted by Gasteiger charge is -2.11. The Bertz CT molecular complexity index is 317. The summed E-state index contributed by atoms with van der Waals surface area (Å²) < 4.78 is 4.32. The van der Waals surface area contributed by atoms with Crippen LogP contribution in [0.2, 0.25) is 0 Å². The van der Waals surface area contributed by atoms with Crippen LogP contribution < -0.4 is 5.32 Å². The Hall–Kier alpha value is -1.85. The molecule has 0 saturated heterocycles. The minimum absolute atomic E-state index is 0.395. The van der Waals surface area contributed by atoms with Gasteiger partial charge in [0.1, 0.15) is 6.04 Å². The van der Waals surface area contributed by atoms with E-state index in [9.17, 15) is 14.4 Å². The predicted molar refractivity (Wildman–Crippen MR) is 55.6 cm³/mol. The summed E-state index contributed by atoms with van der Waals surface area (Å²) in [5.74, 6) is -2.51. The third-order valence-electron chi connectivity index (χ3n) is 1.63. The van der Waals surface area contributed by atoms with Crippen LogP contribution in [0, 0.1) is 0 Å². The predicted octanol–water partition coefficient (Wildman–Crippen LogP) is 0.0851. The minimum Gasteiger partial charge on any atom is -0.480 e. The van der Waals surface area contributed by atoms with Gasteiger partial charge in [-0.25, -0.2) is 4.79 Å². The van der Waals surface area contributed by atoms with E-state index >= 15 is 0 Å². The van der Waals surface area contributed by atoms with E-state index in [1.54, 1.807) is 13.8 Å². The van der Waals surface area contributed by atoms with Gasteiger partial charge in [0.15, 0.2) is 0 Å². The van der Waals surface area contributed by atoms with Crippen molar-refractivity contribution in [1.82, 2.24) is 5.32 Å². The highest BCUT2D eigenvalue weighted by atomic mass is 16.5. The Morgan fingerprint density at radius 2 is 1.94 bits per heavy atom. The summed E-state index contributed by atoms with van der Waals surface area (Å²) in [6, 6.07) is -1.27. The van der Waals surface area contributed by atoms with Crippen molar-refractivity contribution in [2.24, 2.45) is 0 Å². The van der Waals surface area contributed by atoms with Gasteiger partial charge >= 0.3 is 11.9 Å². The minimum atomic E-state index is -1.28. The largest absolute Gasteiger partial charge is 0.480 e. The van der Waals surface area contributed by atoms with E-state index in [1.807, 2.05) is 0 Å². The number of methoxy groups -OCH3 is 1. The first kappa shape index (κ1) is 14.2. The van der Waals surface area contributed by atoms with Crippen LogP contribution in [-0.2, 0) is 19.1 Å². The number of carboxylic acid groups (broad SMARTS) is 1. The molecule has 0 unspecified atom stereocenters. The topological polar surface area (TPSA) is 92.7 Å². The van der Waals surface area contributed by atoms with Crippen molar-refractivity contribution in [1.29, 1.82) is 0 Å². The van der Waals surface area contributed by atoms with Crippen LogP contribution in [0.1, 0.15) is 20.3 Å². The highest BCUT2D eigenvalue weighted by Gasteiger charge is 2.22. The molecule has 0 aromatic carbocycles. The molecule has 2 N–H and O–H groups in total. The fourth-order valence-electron chi connectivity index (χ4n) is 0.926. The summed E-state index contributed by atoms with van der Waals surface area (Å²) in [6.07, 6.45) is 0.862. The molecule has 0 aromatic heterocycles. The maximum absolute atomic E-state index is 11.2. The molecule has 90 valence electrons. The maximum Gasteiger partial charge on any atom is 0.326 e. The third kappa shape index (κ3) is 5.79. The second-order valence-corrected chi connectivity index (χ2v) is 3.40. The molecule has 0 fully saturated rings. The quantitative estimate of drug-likeness (QED) is 0.514. The fraction of sp³-hybridized carbons (Fsp3) is 0.500. The van der Waals surface area contributed by atoms with E-state index in [2.05, 4.69) is 10.1 Å². The number of carbonyl (C=O) groups excluding carboxylic acids is 2. The normalized spacial score (nSPS) is 11.2. The van der Waals surface area contributed by atoms with Crippen LogP contribution in [0.3, 0.4) is 0 Å². The zero-order chi connectivity index (χ0) is 12.7. The number of hydrogen-bond donors (Lipinski definition) is 2. The van der Waals surface area contributed by atoms with Crippen molar-refractivity contribution in [3.05, 3.63) is 11.6 Å². The molecule has 0 aliphatic carbocycles. The van der Waals surface area contributed by atoms with Crippen LogP contribution in [0.25, 0.3) is 0 Å². The molecule has 1 atom stereocenters. The van der Waals surface area contributed by atoms with Gasteiger partial charge in [0.2, 0.25) is 5.91 Å². The Morgan fingerprint density at radius 1 is 1.38 bits per heavy atom. The van der Waals surface area contributed by atoms with Crippen LogP contribution in [-0.4, -0.2) is 36.1 Å². The van der Waals surface area contributed by atoms with E-state index < -0.39 is 30.3 Å². The number of ether oxygens (including phenoxy) is 1. The zero-order valence-corrected chi connectivity index (χ0v) is 9.44. The second kappa shape index (κ2) is 6.60. The average Bonchev–Trinajstić information content (AvgIpc) is 2.14. The zero-order valence-electron chi connectivity index (χ0n) is 9.44. The fourth-order valence-corrected chi connectivity index (χ4v) is 0.926. The van der Waals surface area contributed by atoms with E-state index in [4.69, 9.17) is 5.11 Å². The number of esters is 1. The van der Waals surface area contributed by atoms with Crippen molar-refractivity contribution in [2.45, 2.75) is 26.3 Å². The molecule has 0 aliphatic rings. The molecule has 1 amide bonds. The first-order valence-electron chi connectivity index (χ1n) is 4.61. The lowest BCUT2D eigenvalue weighted by molar-refractivity contribution is -0.148. The summed E-state index contributed by atoms with van der Waals surface area (Å²) in [6.45, 7) is 3.41. The highest BCUT2D eigenvalue weighted by Crippen LogP contribution is 1.96. The van der Waals surface area contributed by atoms with Crippen LogP contribution in [0.5, 0.6) is 0 Å². The SMILES string of the molecule is COC(=O)C[C@H](NC(=O)C=C(C)C)C(=O)O. The van der Waals surface area contributed by atoms with Gasteiger partial charge in [0.25, 0.3) is 0 Å². The number of hydrogen-bond acceptors (Lipinski definition) is 4. The van der Waals surface area contributed by atoms with E-state index in [0.717, 1.165) is 12.7 Å². The molecular weight excluding hydrogens is 214 g/mol. The van der Waals surface area contributed by atoms with Crippen LogP contribution >= 0.6 is 0 Å². The lowest BCUT2D eigenvalue weighted by Crippen LogP contribution is -2.41. The number of nitrogens with one attached hydrogen (secondary N) is 1. The Kier molecular flexibility index (Phi) is 5.84. The van der Waals surface area contributed by atoms with Gasteiger partial charge in [-0.1, -0.05) is 5.57 Å². The summed E-state index contributed by atoms with van der Waals surface area (Å²) in [7, 11) is 1.15. The van der Waals surface area contributed by atoms with Gasteiger partial charge in [0.05, 0.1) is 13.5 Å². The highest BCUT2D eigenvalue weighted by molar-refractivity contribution is 5.92. The molecule has 0 bridgehead atoms. The molecule has 0 saturated carbocycles. The molecule has 0 radical (unpaired) electrons. The first-order valence-corrected chi connectivity index (χ1v) is 4.61. The Balaban J connectivity index is 4.46. The Morgan fingerprint density at radius 3 is 2.31 bits per heavy atom. The number of aliphatic carboxylic acids is 1. The standard InChI is InChI=1S/C10H15NO5/c1-6(2)4-8(12)11-7(10(14)15)5-9(13)16-3/h4,7H,5H2,1-3H3,(H,11,12)(H,14,15)/t7-/m0/s1. The van der Waals surface area contributed by atoms with Gasteiger partial charge in [-0.3, -0.25) is 9.59 Å². The smallest absolute Gasteiger partial charge is 0.326 e. The molecule has 0 rings (SSSR count). The molecule has 0 aromatic rings. The third-order valence-corrected chi connectivity index (χ3v) is 1.63. The summed E-state index contributed by atoms with van der Waals surface area (Å²) >= 11 is 0. The van der Waals surface area contributed by atoms with Crippen molar-refractivity contribution in [2.75, 3.05) is 7.11 Å². The first-order chi connectivity index (χ1) is 7.36. The number of amides is 1. The van der Waals surface area contributed by atoms with E-state index in [0.29, 0.717) is 0 Å². The summed E-state index contributed by atoms with van der Waals surface area (Å²) in [5, 5.41) is 11.0. The molecule has 6 nitrogen and oxygen atoms in total. The maximum atomic E-state index is 11.2. The number of carboxylic acids is 1. The van der Waals surface area contributed by atoms with Gasteiger partial charge in [0, 0.05) is 6.08 Å². The molecule has 6 heteroatoms. The summed E-state index contributed by atoms with van der Waals surface area (Å²) in [4.78, 5) is 32.8.